The lowest BCUT2D eigenvalue weighted by molar-refractivity contribution is 0.503. The van der Waals surface area contributed by atoms with Crippen molar-refractivity contribution in [3.63, 3.8) is 0 Å². The predicted octanol–water partition coefficient (Wildman–Crippen LogP) is 1.85. The molecule has 2 heterocycles. The summed E-state index contributed by atoms with van der Waals surface area (Å²) in [5.74, 6) is 0. The standard InChI is InChI=1S/C15H16N2O2/c1-10-6-2-3-7-11(10)13-12-8-4-5-9-17(12)15(19)16-14(13)18/h2-3,6-7H,4-5,8-9H2,1H3,(H,16,18,19). The fraction of sp³-hybridized carbons (Fsp3) is 0.333. The van der Waals surface area contributed by atoms with Gasteiger partial charge in [0.05, 0.1) is 5.56 Å². The first-order valence-corrected chi connectivity index (χ1v) is 6.60. The number of aryl methyl sites for hydroxylation is 1. The van der Waals surface area contributed by atoms with E-state index in [1.807, 2.05) is 31.2 Å². The average Bonchev–Trinajstić information content (AvgIpc) is 2.41. The highest BCUT2D eigenvalue weighted by atomic mass is 16.2. The number of aromatic amines is 1. The minimum Gasteiger partial charge on any atom is -0.297 e. The Labute approximate surface area is 110 Å². The van der Waals surface area contributed by atoms with E-state index in [0.717, 1.165) is 36.1 Å². The third-order valence-electron chi connectivity index (χ3n) is 3.77. The Kier molecular flexibility index (Phi) is 2.85. The minimum atomic E-state index is -0.281. The van der Waals surface area contributed by atoms with Gasteiger partial charge in [-0.25, -0.2) is 4.79 Å². The third-order valence-corrected chi connectivity index (χ3v) is 3.77. The van der Waals surface area contributed by atoms with E-state index < -0.39 is 0 Å². The van der Waals surface area contributed by atoms with E-state index in [9.17, 15) is 9.59 Å². The van der Waals surface area contributed by atoms with Crippen molar-refractivity contribution in [1.82, 2.24) is 9.55 Å². The molecule has 0 unspecified atom stereocenters. The van der Waals surface area contributed by atoms with Crippen molar-refractivity contribution in [3.8, 4) is 11.1 Å². The molecule has 19 heavy (non-hydrogen) atoms. The summed E-state index contributed by atoms with van der Waals surface area (Å²) in [7, 11) is 0. The van der Waals surface area contributed by atoms with Gasteiger partial charge in [-0.3, -0.25) is 14.3 Å². The summed E-state index contributed by atoms with van der Waals surface area (Å²) in [5, 5.41) is 0. The molecule has 1 aliphatic heterocycles. The van der Waals surface area contributed by atoms with Crippen LogP contribution in [0.5, 0.6) is 0 Å². The number of hydrogen-bond donors (Lipinski definition) is 1. The Morgan fingerprint density at radius 3 is 2.74 bits per heavy atom. The maximum atomic E-state index is 12.2. The lowest BCUT2D eigenvalue weighted by Gasteiger charge is -2.21. The molecule has 1 aromatic heterocycles. The van der Waals surface area contributed by atoms with Crippen LogP contribution >= 0.6 is 0 Å². The zero-order chi connectivity index (χ0) is 13.4. The fourth-order valence-corrected chi connectivity index (χ4v) is 2.81. The molecule has 0 spiro atoms. The van der Waals surface area contributed by atoms with E-state index >= 15 is 0 Å². The van der Waals surface area contributed by atoms with Gasteiger partial charge in [-0.05, 0) is 37.3 Å². The van der Waals surface area contributed by atoms with Crippen molar-refractivity contribution in [3.05, 3.63) is 56.4 Å². The topological polar surface area (TPSA) is 54.9 Å². The number of benzene rings is 1. The SMILES string of the molecule is Cc1ccccc1-c1c2n(c(=O)[nH]c1=O)CCCC2. The largest absolute Gasteiger partial charge is 0.328 e. The number of fused-ring (bicyclic) bond motifs is 1. The number of nitrogens with zero attached hydrogens (tertiary/aromatic N) is 1. The van der Waals surface area contributed by atoms with Gasteiger partial charge >= 0.3 is 5.69 Å². The molecule has 1 aliphatic rings. The van der Waals surface area contributed by atoms with Crippen molar-refractivity contribution in [1.29, 1.82) is 0 Å². The molecule has 4 nitrogen and oxygen atoms in total. The molecule has 0 atom stereocenters. The molecule has 1 aromatic carbocycles. The van der Waals surface area contributed by atoms with E-state index in [1.54, 1.807) is 4.57 Å². The van der Waals surface area contributed by atoms with E-state index in [1.165, 1.54) is 0 Å². The predicted molar refractivity (Wildman–Crippen MR) is 74.4 cm³/mol. The smallest absolute Gasteiger partial charge is 0.297 e. The fourth-order valence-electron chi connectivity index (χ4n) is 2.81. The highest BCUT2D eigenvalue weighted by Gasteiger charge is 2.19. The van der Waals surface area contributed by atoms with Crippen LogP contribution < -0.4 is 11.2 Å². The molecule has 0 fully saturated rings. The van der Waals surface area contributed by atoms with E-state index in [-0.39, 0.29) is 11.2 Å². The van der Waals surface area contributed by atoms with Gasteiger partial charge in [0.15, 0.2) is 0 Å². The second-order valence-electron chi connectivity index (χ2n) is 5.00. The van der Waals surface area contributed by atoms with Gasteiger partial charge in [-0.2, -0.15) is 0 Å². The van der Waals surface area contributed by atoms with Gasteiger partial charge in [0.2, 0.25) is 0 Å². The van der Waals surface area contributed by atoms with Gasteiger partial charge in [-0.1, -0.05) is 24.3 Å². The van der Waals surface area contributed by atoms with Crippen molar-refractivity contribution < 1.29 is 0 Å². The first-order valence-electron chi connectivity index (χ1n) is 6.60. The van der Waals surface area contributed by atoms with Crippen LogP contribution in [0, 0.1) is 6.92 Å². The van der Waals surface area contributed by atoms with Crippen LogP contribution in [0.4, 0.5) is 0 Å². The molecule has 0 saturated carbocycles. The summed E-state index contributed by atoms with van der Waals surface area (Å²) in [6, 6.07) is 7.81. The van der Waals surface area contributed by atoms with Crippen molar-refractivity contribution >= 4 is 0 Å². The number of hydrogen-bond acceptors (Lipinski definition) is 2. The van der Waals surface area contributed by atoms with Crippen LogP contribution in [0.15, 0.2) is 33.9 Å². The van der Waals surface area contributed by atoms with Crippen molar-refractivity contribution in [2.24, 2.45) is 0 Å². The number of rotatable bonds is 1. The summed E-state index contributed by atoms with van der Waals surface area (Å²) in [6.07, 6.45) is 2.82. The van der Waals surface area contributed by atoms with Crippen LogP contribution in [0.3, 0.4) is 0 Å². The van der Waals surface area contributed by atoms with E-state index in [4.69, 9.17) is 0 Å². The van der Waals surface area contributed by atoms with Crippen LogP contribution in [0.2, 0.25) is 0 Å². The average molecular weight is 256 g/mol. The molecular formula is C15H16N2O2. The zero-order valence-electron chi connectivity index (χ0n) is 10.9. The Hall–Kier alpha value is -2.10. The first-order chi connectivity index (χ1) is 9.18. The quantitative estimate of drug-likeness (QED) is 0.846. The minimum absolute atomic E-state index is 0.271. The van der Waals surface area contributed by atoms with Gasteiger partial charge < -0.3 is 0 Å². The van der Waals surface area contributed by atoms with Crippen LogP contribution in [0.1, 0.15) is 24.1 Å². The lowest BCUT2D eigenvalue weighted by Crippen LogP contribution is -2.36. The van der Waals surface area contributed by atoms with Crippen LogP contribution in [-0.2, 0) is 13.0 Å². The number of H-pyrrole nitrogens is 1. The molecule has 3 rings (SSSR count). The molecule has 0 saturated heterocycles. The van der Waals surface area contributed by atoms with Crippen LogP contribution in [-0.4, -0.2) is 9.55 Å². The Balaban J connectivity index is 2.36. The van der Waals surface area contributed by atoms with Crippen molar-refractivity contribution in [2.75, 3.05) is 0 Å². The molecule has 4 heteroatoms. The second kappa shape index (κ2) is 4.53. The second-order valence-corrected chi connectivity index (χ2v) is 5.00. The monoisotopic (exact) mass is 256 g/mol. The van der Waals surface area contributed by atoms with Crippen LogP contribution in [0.25, 0.3) is 11.1 Å². The van der Waals surface area contributed by atoms with Gasteiger partial charge in [0.1, 0.15) is 0 Å². The summed E-state index contributed by atoms with van der Waals surface area (Å²) < 4.78 is 1.71. The van der Waals surface area contributed by atoms with E-state index in [0.29, 0.717) is 12.1 Å². The molecule has 98 valence electrons. The summed E-state index contributed by atoms with van der Waals surface area (Å²) in [6.45, 7) is 2.68. The Morgan fingerprint density at radius 1 is 1.16 bits per heavy atom. The maximum Gasteiger partial charge on any atom is 0.328 e. The third kappa shape index (κ3) is 1.93. The molecule has 2 aromatic rings. The number of nitrogens with one attached hydrogen (secondary N) is 1. The Morgan fingerprint density at radius 2 is 1.95 bits per heavy atom. The van der Waals surface area contributed by atoms with Gasteiger partial charge in [0, 0.05) is 12.2 Å². The molecule has 1 N–H and O–H groups in total. The zero-order valence-corrected chi connectivity index (χ0v) is 10.9. The number of aromatic nitrogens is 2. The lowest BCUT2D eigenvalue weighted by atomic mass is 9.96. The summed E-state index contributed by atoms with van der Waals surface area (Å²) in [4.78, 5) is 26.5. The highest BCUT2D eigenvalue weighted by Crippen LogP contribution is 2.25. The van der Waals surface area contributed by atoms with E-state index in [2.05, 4.69) is 4.98 Å². The molecule has 0 bridgehead atoms. The Bertz CT molecular complexity index is 741. The first kappa shape index (κ1) is 12.0. The molecule has 0 amide bonds. The normalized spacial score (nSPS) is 14.2. The maximum absolute atomic E-state index is 12.2. The molecular weight excluding hydrogens is 240 g/mol. The molecule has 0 aliphatic carbocycles. The molecule has 0 radical (unpaired) electrons. The summed E-state index contributed by atoms with van der Waals surface area (Å²) >= 11 is 0. The van der Waals surface area contributed by atoms with Gasteiger partial charge in [0.25, 0.3) is 5.56 Å². The summed E-state index contributed by atoms with van der Waals surface area (Å²) in [5.41, 5.74) is 2.98. The highest BCUT2D eigenvalue weighted by molar-refractivity contribution is 5.68. The van der Waals surface area contributed by atoms with Crippen molar-refractivity contribution in [2.45, 2.75) is 32.7 Å². The van der Waals surface area contributed by atoms with Gasteiger partial charge in [-0.15, -0.1) is 0 Å².